The topological polar surface area (TPSA) is 12.0 Å². The van der Waals surface area contributed by atoms with Crippen molar-refractivity contribution in [2.75, 3.05) is 6.54 Å². The molecule has 1 aromatic rings. The van der Waals surface area contributed by atoms with E-state index in [1.165, 1.54) is 57.9 Å². The summed E-state index contributed by atoms with van der Waals surface area (Å²) in [5.41, 5.74) is 4.81. The maximum Gasteiger partial charge on any atom is 0.0111 e. The van der Waals surface area contributed by atoms with Crippen molar-refractivity contribution in [1.29, 1.82) is 0 Å². The molecule has 2 aliphatic carbocycles. The lowest BCUT2D eigenvalue weighted by molar-refractivity contribution is 0.458. The number of fused-ring (bicyclic) bond motifs is 1. The first-order valence-electron chi connectivity index (χ1n) is 7.90. The van der Waals surface area contributed by atoms with Crippen molar-refractivity contribution in [3.8, 4) is 0 Å². The Hall–Kier alpha value is -1.08. The molecule has 0 radical (unpaired) electrons. The van der Waals surface area contributed by atoms with E-state index >= 15 is 0 Å². The monoisotopic (exact) mass is 255 g/mol. The summed E-state index contributed by atoms with van der Waals surface area (Å²) in [7, 11) is 0. The highest BCUT2D eigenvalue weighted by atomic mass is 14.9. The van der Waals surface area contributed by atoms with Crippen LogP contribution < -0.4 is 5.32 Å². The van der Waals surface area contributed by atoms with Gasteiger partial charge < -0.3 is 5.32 Å². The van der Waals surface area contributed by atoms with E-state index in [2.05, 4.69) is 35.7 Å². The molecule has 1 heteroatoms. The molecular formula is C18H25N. The van der Waals surface area contributed by atoms with Gasteiger partial charge in [-0.05, 0) is 69.0 Å². The summed E-state index contributed by atoms with van der Waals surface area (Å²) < 4.78 is 0. The zero-order valence-electron chi connectivity index (χ0n) is 11.8. The van der Waals surface area contributed by atoms with Crippen LogP contribution >= 0.6 is 0 Å². The van der Waals surface area contributed by atoms with Crippen molar-refractivity contribution in [2.45, 2.75) is 57.4 Å². The average Bonchev–Trinajstić information content (AvgIpc) is 2.48. The van der Waals surface area contributed by atoms with Gasteiger partial charge in [0, 0.05) is 6.04 Å². The fourth-order valence-corrected chi connectivity index (χ4v) is 3.44. The molecular weight excluding hydrogens is 230 g/mol. The largest absolute Gasteiger partial charge is 0.313 e. The maximum atomic E-state index is 3.77. The summed E-state index contributed by atoms with van der Waals surface area (Å²) in [4.78, 5) is 0. The molecule has 1 aromatic carbocycles. The number of nitrogens with one attached hydrogen (secondary N) is 1. The van der Waals surface area contributed by atoms with Gasteiger partial charge in [0.05, 0.1) is 0 Å². The summed E-state index contributed by atoms with van der Waals surface area (Å²) in [6.07, 6.45) is 13.0. The van der Waals surface area contributed by atoms with Crippen LogP contribution in [0.1, 0.15) is 49.7 Å². The maximum absolute atomic E-state index is 3.77. The molecule has 0 saturated heterocycles. The van der Waals surface area contributed by atoms with E-state index in [0.29, 0.717) is 6.04 Å². The first-order valence-corrected chi connectivity index (χ1v) is 7.90. The second-order valence-electron chi connectivity index (χ2n) is 6.02. The molecule has 1 nitrogen and oxygen atoms in total. The highest BCUT2D eigenvalue weighted by Crippen LogP contribution is 2.22. The lowest BCUT2D eigenvalue weighted by Crippen LogP contribution is -2.35. The van der Waals surface area contributed by atoms with E-state index in [4.69, 9.17) is 0 Å². The van der Waals surface area contributed by atoms with Gasteiger partial charge in [-0.15, -0.1) is 0 Å². The van der Waals surface area contributed by atoms with Gasteiger partial charge in [0.2, 0.25) is 0 Å². The third-order valence-electron chi connectivity index (χ3n) is 4.61. The average molecular weight is 255 g/mol. The summed E-state index contributed by atoms with van der Waals surface area (Å²) >= 11 is 0. The van der Waals surface area contributed by atoms with Crippen molar-refractivity contribution in [3.05, 3.63) is 47.0 Å². The van der Waals surface area contributed by atoms with Crippen LogP contribution in [0.5, 0.6) is 0 Å². The number of aryl methyl sites for hydroxylation is 1. The van der Waals surface area contributed by atoms with Crippen molar-refractivity contribution in [1.82, 2.24) is 5.32 Å². The quantitative estimate of drug-likeness (QED) is 0.801. The van der Waals surface area contributed by atoms with Crippen LogP contribution in [0.15, 0.2) is 35.9 Å². The van der Waals surface area contributed by atoms with E-state index in [9.17, 15) is 0 Å². The molecule has 0 bridgehead atoms. The molecule has 19 heavy (non-hydrogen) atoms. The van der Waals surface area contributed by atoms with Gasteiger partial charge in [-0.3, -0.25) is 0 Å². The van der Waals surface area contributed by atoms with Crippen molar-refractivity contribution >= 4 is 0 Å². The SMILES string of the molecule is C1=C(CCNC2CCc3ccccc3C2)CCCC1. The van der Waals surface area contributed by atoms with Crippen LogP contribution in [0.2, 0.25) is 0 Å². The third kappa shape index (κ3) is 3.48. The molecule has 0 fully saturated rings. The van der Waals surface area contributed by atoms with Gasteiger partial charge in [0.25, 0.3) is 0 Å². The molecule has 1 atom stereocenters. The predicted octanol–water partition coefficient (Wildman–Crippen LogP) is 4.02. The second-order valence-corrected chi connectivity index (χ2v) is 6.02. The molecule has 102 valence electrons. The predicted molar refractivity (Wildman–Crippen MR) is 81.4 cm³/mol. The molecule has 1 N–H and O–H groups in total. The zero-order chi connectivity index (χ0) is 12.9. The van der Waals surface area contributed by atoms with Crippen molar-refractivity contribution in [2.24, 2.45) is 0 Å². The molecule has 0 aromatic heterocycles. The first kappa shape index (κ1) is 12.9. The molecule has 2 aliphatic rings. The minimum absolute atomic E-state index is 0.694. The van der Waals surface area contributed by atoms with Crippen molar-refractivity contribution < 1.29 is 0 Å². The fraction of sp³-hybridized carbons (Fsp3) is 0.556. The van der Waals surface area contributed by atoms with E-state index in [1.807, 2.05) is 0 Å². The van der Waals surface area contributed by atoms with Gasteiger partial charge in [-0.25, -0.2) is 0 Å². The number of allylic oxidation sites excluding steroid dienone is 1. The Morgan fingerprint density at radius 3 is 2.79 bits per heavy atom. The lowest BCUT2D eigenvalue weighted by atomic mass is 9.88. The van der Waals surface area contributed by atoms with Crippen LogP contribution in [-0.4, -0.2) is 12.6 Å². The summed E-state index contributed by atoms with van der Waals surface area (Å²) in [5.74, 6) is 0. The summed E-state index contributed by atoms with van der Waals surface area (Å²) in [6, 6.07) is 9.63. The van der Waals surface area contributed by atoms with Gasteiger partial charge in [0.1, 0.15) is 0 Å². The van der Waals surface area contributed by atoms with Crippen LogP contribution in [0, 0.1) is 0 Å². The number of benzene rings is 1. The number of rotatable bonds is 4. The van der Waals surface area contributed by atoms with Crippen LogP contribution in [0.4, 0.5) is 0 Å². The molecule has 1 unspecified atom stereocenters. The Labute approximate surface area is 117 Å². The van der Waals surface area contributed by atoms with Crippen LogP contribution in [0.3, 0.4) is 0 Å². The normalized spacial score (nSPS) is 22.7. The minimum Gasteiger partial charge on any atom is -0.313 e. The molecule has 0 spiro atoms. The second kappa shape index (κ2) is 6.38. The smallest absolute Gasteiger partial charge is 0.0111 e. The van der Waals surface area contributed by atoms with Gasteiger partial charge >= 0.3 is 0 Å². The van der Waals surface area contributed by atoms with Gasteiger partial charge in [-0.1, -0.05) is 35.9 Å². The fourth-order valence-electron chi connectivity index (χ4n) is 3.44. The van der Waals surface area contributed by atoms with Crippen LogP contribution in [-0.2, 0) is 12.8 Å². The minimum atomic E-state index is 0.694. The molecule has 0 saturated carbocycles. The molecule has 0 amide bonds. The first-order chi connectivity index (χ1) is 9.42. The van der Waals surface area contributed by atoms with Crippen molar-refractivity contribution in [3.63, 3.8) is 0 Å². The Kier molecular flexibility index (Phi) is 4.34. The highest BCUT2D eigenvalue weighted by Gasteiger charge is 2.17. The Morgan fingerprint density at radius 2 is 1.95 bits per heavy atom. The molecule has 3 rings (SSSR count). The van der Waals surface area contributed by atoms with E-state index in [0.717, 1.165) is 0 Å². The summed E-state index contributed by atoms with van der Waals surface area (Å²) in [5, 5.41) is 3.77. The van der Waals surface area contributed by atoms with E-state index in [1.54, 1.807) is 16.7 Å². The molecule has 0 heterocycles. The van der Waals surface area contributed by atoms with E-state index in [-0.39, 0.29) is 0 Å². The standard InChI is InChI=1S/C18H25N/c1-2-6-15(7-3-1)12-13-19-18-11-10-16-8-4-5-9-17(16)14-18/h4-6,8-9,18-19H,1-3,7,10-14H2. The van der Waals surface area contributed by atoms with Crippen LogP contribution in [0.25, 0.3) is 0 Å². The highest BCUT2D eigenvalue weighted by molar-refractivity contribution is 5.30. The van der Waals surface area contributed by atoms with E-state index < -0.39 is 0 Å². The van der Waals surface area contributed by atoms with Gasteiger partial charge in [0.15, 0.2) is 0 Å². The molecule has 0 aliphatic heterocycles. The van der Waals surface area contributed by atoms with Gasteiger partial charge in [-0.2, -0.15) is 0 Å². The lowest BCUT2D eigenvalue weighted by Gasteiger charge is -2.26. The Morgan fingerprint density at radius 1 is 1.05 bits per heavy atom. The number of hydrogen-bond donors (Lipinski definition) is 1. The summed E-state index contributed by atoms with van der Waals surface area (Å²) in [6.45, 7) is 1.17. The Balaban J connectivity index is 1.46. The Bertz CT molecular complexity index is 447. The third-order valence-corrected chi connectivity index (χ3v) is 4.61. The number of hydrogen-bond acceptors (Lipinski definition) is 1. The zero-order valence-corrected chi connectivity index (χ0v) is 11.8.